The van der Waals surface area contributed by atoms with Crippen molar-refractivity contribution in [3.05, 3.63) is 0 Å². The lowest BCUT2D eigenvalue weighted by molar-refractivity contribution is -0.167. The summed E-state index contributed by atoms with van der Waals surface area (Å²) in [7, 11) is 0. The van der Waals surface area contributed by atoms with E-state index in [1.54, 1.807) is 6.92 Å². The van der Waals surface area contributed by atoms with E-state index in [0.717, 1.165) is 64.7 Å². The first-order chi connectivity index (χ1) is 20.5. The Balaban J connectivity index is 1.29. The SMILES string of the molecule is CC(CCCC(C)(CO)OS(=O)O)[C@H]1CCC2C3C(CC[C@@]21C)[C@@]1(C)CC[C@H](NCCCNCCCCN)C[C@@H]1C[C@H]3O. The molecule has 252 valence electrons. The molecule has 0 aromatic rings. The van der Waals surface area contributed by atoms with E-state index in [2.05, 4.69) is 31.4 Å². The lowest BCUT2D eigenvalue weighted by Crippen LogP contribution is -2.59. The molecule has 12 atom stereocenters. The van der Waals surface area contributed by atoms with Crippen molar-refractivity contribution >= 4 is 11.4 Å². The summed E-state index contributed by atoms with van der Waals surface area (Å²) in [6.45, 7) is 12.9. The molecule has 0 radical (unpaired) electrons. The Bertz CT molecular complexity index is 898. The number of unbranched alkanes of at least 4 members (excludes halogenated alkanes) is 1. The van der Waals surface area contributed by atoms with Gasteiger partial charge in [0.15, 0.2) is 0 Å². The van der Waals surface area contributed by atoms with E-state index < -0.39 is 17.0 Å². The molecule has 8 nitrogen and oxygen atoms in total. The topological polar surface area (TPSA) is 137 Å². The van der Waals surface area contributed by atoms with Gasteiger partial charge in [-0.1, -0.05) is 33.6 Å². The molecular formula is C34H65N3O5S. The Morgan fingerprint density at radius 3 is 2.44 bits per heavy atom. The minimum atomic E-state index is -2.38. The second kappa shape index (κ2) is 15.6. The average Bonchev–Trinajstić information content (AvgIpc) is 3.32. The third kappa shape index (κ3) is 8.24. The molecule has 0 spiro atoms. The van der Waals surface area contributed by atoms with Gasteiger partial charge in [0.25, 0.3) is 0 Å². The molecule has 0 heterocycles. The lowest BCUT2D eigenvalue weighted by Gasteiger charge is -2.62. The van der Waals surface area contributed by atoms with Gasteiger partial charge in [0.1, 0.15) is 5.60 Å². The van der Waals surface area contributed by atoms with Gasteiger partial charge in [-0.3, -0.25) is 8.74 Å². The van der Waals surface area contributed by atoms with Gasteiger partial charge in [-0.15, -0.1) is 0 Å². The fourth-order valence-electron chi connectivity index (χ4n) is 10.7. The number of hydrogen-bond acceptors (Lipinski definition) is 7. The van der Waals surface area contributed by atoms with Gasteiger partial charge in [-0.25, -0.2) is 0 Å². The van der Waals surface area contributed by atoms with Crippen molar-refractivity contribution in [2.45, 2.75) is 135 Å². The molecule has 0 saturated heterocycles. The van der Waals surface area contributed by atoms with Crippen LogP contribution in [-0.4, -0.2) is 69.5 Å². The smallest absolute Gasteiger partial charge is 0.302 e. The van der Waals surface area contributed by atoms with Crippen LogP contribution in [0.5, 0.6) is 0 Å². The maximum absolute atomic E-state index is 11.8. The Kier molecular flexibility index (Phi) is 13.0. The minimum absolute atomic E-state index is 0.181. The van der Waals surface area contributed by atoms with Gasteiger partial charge in [0, 0.05) is 6.04 Å². The summed E-state index contributed by atoms with van der Waals surface area (Å²) in [5, 5.41) is 28.9. The lowest BCUT2D eigenvalue weighted by atomic mass is 9.43. The molecule has 4 fully saturated rings. The van der Waals surface area contributed by atoms with Crippen molar-refractivity contribution in [2.24, 2.45) is 52.1 Å². The highest BCUT2D eigenvalue weighted by molar-refractivity contribution is 7.74. The van der Waals surface area contributed by atoms with E-state index in [-0.39, 0.29) is 18.1 Å². The molecule has 4 aliphatic rings. The predicted octanol–water partition coefficient (Wildman–Crippen LogP) is 5.00. The monoisotopic (exact) mass is 627 g/mol. The van der Waals surface area contributed by atoms with E-state index in [9.17, 15) is 19.0 Å². The highest BCUT2D eigenvalue weighted by atomic mass is 32.2. The molecule has 43 heavy (non-hydrogen) atoms. The van der Waals surface area contributed by atoms with Gasteiger partial charge in [-0.05, 0) is 156 Å². The second-order valence-corrected chi connectivity index (χ2v) is 16.4. The second-order valence-electron chi connectivity index (χ2n) is 15.8. The maximum Gasteiger partial charge on any atom is 0.302 e. The number of nitrogens with two attached hydrogens (primary N) is 1. The van der Waals surface area contributed by atoms with E-state index in [0.29, 0.717) is 53.4 Å². The van der Waals surface area contributed by atoms with Crippen molar-refractivity contribution < 1.29 is 23.2 Å². The number of fused-ring (bicyclic) bond motifs is 5. The van der Waals surface area contributed by atoms with Gasteiger partial charge in [0.05, 0.1) is 12.7 Å². The van der Waals surface area contributed by atoms with Crippen LogP contribution >= 0.6 is 0 Å². The van der Waals surface area contributed by atoms with Gasteiger partial charge in [0.2, 0.25) is 0 Å². The third-order valence-electron chi connectivity index (χ3n) is 13.2. The Labute approximate surface area is 264 Å². The van der Waals surface area contributed by atoms with Gasteiger partial charge >= 0.3 is 11.4 Å². The van der Waals surface area contributed by atoms with Crippen molar-refractivity contribution in [2.75, 3.05) is 32.8 Å². The van der Waals surface area contributed by atoms with Crippen molar-refractivity contribution in [3.8, 4) is 0 Å². The molecular weight excluding hydrogens is 562 g/mol. The number of nitrogens with one attached hydrogen (secondary N) is 2. The molecule has 0 aromatic carbocycles. The van der Waals surface area contributed by atoms with Crippen LogP contribution in [0.3, 0.4) is 0 Å². The first kappa shape index (κ1) is 35.7. The summed E-state index contributed by atoms with van der Waals surface area (Å²) in [5.41, 5.74) is 5.22. The Hall–Kier alpha value is -0.130. The van der Waals surface area contributed by atoms with Crippen LogP contribution in [0, 0.1) is 46.3 Å². The molecule has 6 unspecified atom stereocenters. The Morgan fingerprint density at radius 2 is 1.72 bits per heavy atom. The van der Waals surface area contributed by atoms with Crippen LogP contribution in [-0.2, 0) is 15.5 Å². The molecule has 0 bridgehead atoms. The Morgan fingerprint density at radius 1 is 1.00 bits per heavy atom. The van der Waals surface area contributed by atoms with Crippen LogP contribution < -0.4 is 16.4 Å². The van der Waals surface area contributed by atoms with E-state index in [4.69, 9.17) is 9.92 Å². The standard InChI is InChI=1S/C34H65N3O5S/c1-24(9-7-14-32(2,23-38)42-43(40)41)27-10-11-28-31-29(13-16-34(27,28)4)33(3)15-12-26(21-25(33)22-30(31)39)37-20-8-19-36-18-6-5-17-35/h24-31,36-39H,5-23,35H2,1-4H3,(H,40,41)/t24?,25-,26+,27-,28?,29?,30-,31?,32?,33+,34-/m1/s1. The summed E-state index contributed by atoms with van der Waals surface area (Å²) in [6.07, 6.45) is 15.4. The highest BCUT2D eigenvalue weighted by Crippen LogP contribution is 2.68. The molecule has 0 aliphatic heterocycles. The summed E-state index contributed by atoms with van der Waals surface area (Å²) >= 11 is -2.38. The summed E-state index contributed by atoms with van der Waals surface area (Å²) in [6, 6.07) is 0.583. The first-order valence-corrected chi connectivity index (χ1v) is 18.7. The first-order valence-electron chi connectivity index (χ1n) is 17.7. The highest BCUT2D eigenvalue weighted by Gasteiger charge is 2.62. The summed E-state index contributed by atoms with van der Waals surface area (Å²) < 4.78 is 25.5. The van der Waals surface area contributed by atoms with E-state index >= 15 is 0 Å². The average molecular weight is 628 g/mol. The number of aliphatic hydroxyl groups excluding tert-OH is 2. The summed E-state index contributed by atoms with van der Waals surface area (Å²) in [4.78, 5) is 0. The number of rotatable bonds is 17. The normalized spacial score (nSPS) is 40.2. The molecule has 0 amide bonds. The fourth-order valence-corrected chi connectivity index (χ4v) is 11.2. The van der Waals surface area contributed by atoms with Gasteiger partial charge < -0.3 is 26.6 Å². The van der Waals surface area contributed by atoms with Crippen LogP contribution in [0.15, 0.2) is 0 Å². The number of hydrogen-bond donors (Lipinski definition) is 6. The molecule has 0 aromatic heterocycles. The zero-order valence-electron chi connectivity index (χ0n) is 27.7. The van der Waals surface area contributed by atoms with Gasteiger partial charge in [-0.2, -0.15) is 4.21 Å². The third-order valence-corrected chi connectivity index (χ3v) is 13.7. The van der Waals surface area contributed by atoms with E-state index in [1.807, 2.05) is 0 Å². The molecule has 4 saturated carbocycles. The maximum atomic E-state index is 11.8. The van der Waals surface area contributed by atoms with Crippen molar-refractivity contribution in [1.82, 2.24) is 10.6 Å². The number of aliphatic hydroxyl groups is 2. The summed E-state index contributed by atoms with van der Waals surface area (Å²) in [5.74, 6) is 3.45. The minimum Gasteiger partial charge on any atom is -0.393 e. The van der Waals surface area contributed by atoms with Crippen molar-refractivity contribution in [1.29, 1.82) is 0 Å². The molecule has 7 N–H and O–H groups in total. The quantitative estimate of drug-likeness (QED) is 0.0979. The molecule has 9 heteroatoms. The predicted molar refractivity (Wildman–Crippen MR) is 175 cm³/mol. The van der Waals surface area contributed by atoms with Crippen LogP contribution in [0.25, 0.3) is 0 Å². The molecule has 4 aliphatic carbocycles. The largest absolute Gasteiger partial charge is 0.393 e. The zero-order valence-corrected chi connectivity index (χ0v) is 28.5. The van der Waals surface area contributed by atoms with E-state index in [1.165, 1.54) is 44.9 Å². The van der Waals surface area contributed by atoms with Crippen LogP contribution in [0.2, 0.25) is 0 Å². The van der Waals surface area contributed by atoms with Crippen LogP contribution in [0.4, 0.5) is 0 Å². The zero-order chi connectivity index (χ0) is 31.3. The van der Waals surface area contributed by atoms with Crippen LogP contribution in [0.1, 0.15) is 118 Å². The molecule has 4 rings (SSSR count). The fraction of sp³-hybridized carbons (Fsp3) is 1.00. The van der Waals surface area contributed by atoms with Crippen molar-refractivity contribution in [3.63, 3.8) is 0 Å².